The van der Waals surface area contributed by atoms with Crippen LogP contribution in [0.15, 0.2) is 12.1 Å². The maximum absolute atomic E-state index is 12.7. The molecule has 5 N–H and O–H groups in total. The van der Waals surface area contributed by atoms with Crippen LogP contribution >= 0.6 is 0 Å². The van der Waals surface area contributed by atoms with Gasteiger partial charge in [-0.15, -0.1) is 0 Å². The lowest BCUT2D eigenvalue weighted by atomic mass is 9.57. The molecule has 0 bridgehead atoms. The maximum atomic E-state index is 12.7. The Bertz CT molecular complexity index is 1030. The predicted octanol–water partition coefficient (Wildman–Crippen LogP) is 0.815. The van der Waals surface area contributed by atoms with Gasteiger partial charge < -0.3 is 35.5 Å². The summed E-state index contributed by atoms with van der Waals surface area (Å²) >= 11 is 0. The first-order valence-electron chi connectivity index (χ1n) is 12.1. The summed E-state index contributed by atoms with van der Waals surface area (Å²) in [7, 11) is -1.16. The van der Waals surface area contributed by atoms with Gasteiger partial charge in [-0.25, -0.2) is 4.79 Å². The van der Waals surface area contributed by atoms with Crippen molar-refractivity contribution in [2.24, 2.45) is 11.7 Å². The molecule has 1 amide bonds. The molecular weight excluding hydrogens is 437 g/mol. The van der Waals surface area contributed by atoms with Crippen molar-refractivity contribution in [2.75, 3.05) is 26.2 Å². The Morgan fingerprint density at radius 1 is 1.24 bits per heavy atom. The molecule has 5 rings (SSSR count). The van der Waals surface area contributed by atoms with Crippen molar-refractivity contribution in [2.45, 2.75) is 56.0 Å². The molecule has 1 aromatic rings. The molecule has 10 heteroatoms. The second-order valence-electron chi connectivity index (χ2n) is 9.67. The van der Waals surface area contributed by atoms with E-state index in [2.05, 4.69) is 17.2 Å². The fraction of sp³-hybridized carbons (Fsp3) is 0.583. The van der Waals surface area contributed by atoms with Crippen LogP contribution in [0.5, 0.6) is 11.5 Å². The second-order valence-corrected chi connectivity index (χ2v) is 9.67. The molecule has 0 aromatic heterocycles. The van der Waals surface area contributed by atoms with Gasteiger partial charge in [0, 0.05) is 31.1 Å². The minimum Gasteiger partial charge on any atom is -0.534 e. The Labute approximate surface area is 199 Å². The third kappa shape index (κ3) is 4.36. The first kappa shape index (κ1) is 23.0. The quantitative estimate of drug-likeness (QED) is 0.326. The third-order valence-corrected chi connectivity index (χ3v) is 7.39. The molecule has 2 atom stereocenters. The number of aromatic carboxylic acids is 1. The normalized spacial score (nSPS) is 27.2. The molecule has 1 saturated carbocycles. The summed E-state index contributed by atoms with van der Waals surface area (Å²) in [4.78, 5) is 26.5. The topological polar surface area (TPSA) is 134 Å². The van der Waals surface area contributed by atoms with Crippen LogP contribution in [-0.2, 0) is 4.79 Å². The Hall–Kier alpha value is -2.74. The number of nitrogens with one attached hydrogen (secondary N) is 1. The van der Waals surface area contributed by atoms with Gasteiger partial charge in [-0.3, -0.25) is 4.79 Å². The van der Waals surface area contributed by atoms with E-state index >= 15 is 0 Å². The molecular formula is C24H30BN3O6. The van der Waals surface area contributed by atoms with Crippen LogP contribution in [0.2, 0.25) is 5.82 Å². The van der Waals surface area contributed by atoms with Crippen molar-refractivity contribution in [3.8, 4) is 23.3 Å². The number of rotatable bonds is 8. The second kappa shape index (κ2) is 9.49. The zero-order valence-corrected chi connectivity index (χ0v) is 19.0. The largest absolute Gasteiger partial charge is 0.540 e. The maximum Gasteiger partial charge on any atom is 0.540 e. The molecule has 1 saturated heterocycles. The molecule has 4 aliphatic rings. The predicted molar refractivity (Wildman–Crippen MR) is 125 cm³/mol. The fourth-order valence-corrected chi connectivity index (χ4v) is 5.35. The van der Waals surface area contributed by atoms with Gasteiger partial charge >= 0.3 is 13.1 Å². The first-order valence-corrected chi connectivity index (χ1v) is 12.1. The van der Waals surface area contributed by atoms with Gasteiger partial charge in [-0.1, -0.05) is 17.9 Å². The number of ether oxygens (including phenoxy) is 1. The van der Waals surface area contributed by atoms with Crippen molar-refractivity contribution in [1.29, 1.82) is 0 Å². The number of amides is 1. The smallest absolute Gasteiger partial charge is 0.534 e. The van der Waals surface area contributed by atoms with Crippen LogP contribution in [0.1, 0.15) is 53.9 Å². The van der Waals surface area contributed by atoms with E-state index in [1.165, 1.54) is 0 Å². The Kier molecular flexibility index (Phi) is 6.43. The number of carbonyl (C=O) groups is 2. The number of hydrogen-bond donors (Lipinski definition) is 4. The highest BCUT2D eigenvalue weighted by Crippen LogP contribution is 2.48. The summed E-state index contributed by atoms with van der Waals surface area (Å²) in [5, 5.41) is 23.4. The van der Waals surface area contributed by atoms with Crippen LogP contribution in [0.3, 0.4) is 0 Å². The highest BCUT2D eigenvalue weighted by atomic mass is 16.5. The van der Waals surface area contributed by atoms with Crippen molar-refractivity contribution in [3.63, 3.8) is 0 Å². The fourth-order valence-electron chi connectivity index (χ4n) is 5.35. The number of fused-ring (bicyclic) bond motifs is 3. The summed E-state index contributed by atoms with van der Waals surface area (Å²) in [5.41, 5.74) is 6.11. The Morgan fingerprint density at radius 2 is 2.00 bits per heavy atom. The van der Waals surface area contributed by atoms with E-state index in [1.807, 2.05) is 0 Å². The zero-order chi connectivity index (χ0) is 23.8. The Balaban J connectivity index is 1.15. The van der Waals surface area contributed by atoms with Gasteiger partial charge in [-0.05, 0) is 37.7 Å². The number of carboxylic acids is 1. The number of likely N-dealkylation sites (tertiary alicyclic amines) is 1. The standard InChI is InChI=1S/C24H30BN3O6/c26-9-10-27-15-3-1-14(2-4-15)11-21(29)28-12-16(13-28)33-20-8-6-18-17-5-7-19(17)25(32)34-23(18)22(20)24(30)31/h6,8,14-17,19,27,32H,1-4,9-13,26H2,(H,30,31)/t14-,15-,17-,19-/m1/s1. The zero-order valence-electron chi connectivity index (χ0n) is 19.0. The molecule has 180 valence electrons. The number of benzene rings is 1. The van der Waals surface area contributed by atoms with Crippen LogP contribution in [-0.4, -0.2) is 72.4 Å². The average Bonchev–Trinajstić information content (AvgIpc) is 2.75. The summed E-state index contributed by atoms with van der Waals surface area (Å²) in [6, 6.07) is 3.89. The minimum atomic E-state index is -1.19. The van der Waals surface area contributed by atoms with Gasteiger partial charge in [0.15, 0.2) is 0 Å². The lowest BCUT2D eigenvalue weighted by molar-refractivity contribution is -0.141. The van der Waals surface area contributed by atoms with E-state index in [0.29, 0.717) is 43.6 Å². The molecule has 2 fully saturated rings. The highest BCUT2D eigenvalue weighted by Gasteiger charge is 2.46. The first-order chi connectivity index (χ1) is 16.4. The molecule has 2 heterocycles. The van der Waals surface area contributed by atoms with Gasteiger partial charge in [0.2, 0.25) is 5.91 Å². The molecule has 2 aliphatic carbocycles. The lowest BCUT2D eigenvalue weighted by Gasteiger charge is -2.40. The molecule has 1 aromatic carbocycles. The molecule has 34 heavy (non-hydrogen) atoms. The van der Waals surface area contributed by atoms with E-state index in [1.54, 1.807) is 17.0 Å². The molecule has 2 aliphatic heterocycles. The molecule has 0 spiro atoms. The van der Waals surface area contributed by atoms with Gasteiger partial charge in [0.05, 0.1) is 24.8 Å². The van der Waals surface area contributed by atoms with Crippen molar-refractivity contribution >= 4 is 19.0 Å². The van der Waals surface area contributed by atoms with E-state index < -0.39 is 13.1 Å². The van der Waals surface area contributed by atoms with E-state index in [-0.39, 0.29) is 40.8 Å². The van der Waals surface area contributed by atoms with Crippen LogP contribution in [0.25, 0.3) is 0 Å². The van der Waals surface area contributed by atoms with Crippen molar-refractivity contribution in [1.82, 2.24) is 10.2 Å². The van der Waals surface area contributed by atoms with Crippen LogP contribution < -0.4 is 20.4 Å². The number of carboxylic acid groups (broad SMARTS) is 1. The Morgan fingerprint density at radius 3 is 2.65 bits per heavy atom. The minimum absolute atomic E-state index is 0.103. The summed E-state index contributed by atoms with van der Waals surface area (Å²) in [6.07, 6.45) is 4.49. The SMILES string of the molecule is NCCN[C@H]1CC[C@H](CC(=O)N2CC(Oc3ccc4c(c3C(=O)O)OB(O)[C@@H]3C#C[C@H]43)C2)CC1. The third-order valence-electron chi connectivity index (χ3n) is 7.39. The van der Waals surface area contributed by atoms with Crippen LogP contribution in [0, 0.1) is 17.8 Å². The summed E-state index contributed by atoms with van der Waals surface area (Å²) in [5.74, 6) is 4.93. The molecule has 0 unspecified atom stereocenters. The highest BCUT2D eigenvalue weighted by molar-refractivity contribution is 6.48. The number of hydrogen-bond acceptors (Lipinski definition) is 7. The van der Waals surface area contributed by atoms with Gasteiger partial charge in [0.25, 0.3) is 0 Å². The lowest BCUT2D eigenvalue weighted by Crippen LogP contribution is -2.56. The average molecular weight is 467 g/mol. The number of nitrogens with zero attached hydrogens (tertiary/aromatic N) is 1. The van der Waals surface area contributed by atoms with Crippen LogP contribution in [0.4, 0.5) is 0 Å². The van der Waals surface area contributed by atoms with Gasteiger partial charge in [0.1, 0.15) is 23.2 Å². The van der Waals surface area contributed by atoms with E-state index in [4.69, 9.17) is 15.1 Å². The summed E-state index contributed by atoms with van der Waals surface area (Å²) in [6.45, 7) is 2.34. The van der Waals surface area contributed by atoms with Crippen molar-refractivity contribution in [3.05, 3.63) is 23.3 Å². The number of nitrogens with two attached hydrogens (primary N) is 1. The summed E-state index contributed by atoms with van der Waals surface area (Å²) < 4.78 is 11.5. The van der Waals surface area contributed by atoms with E-state index in [0.717, 1.165) is 32.2 Å². The van der Waals surface area contributed by atoms with Gasteiger partial charge in [-0.2, -0.15) is 0 Å². The van der Waals surface area contributed by atoms with Crippen molar-refractivity contribution < 1.29 is 29.1 Å². The molecule has 9 nitrogen and oxygen atoms in total. The monoisotopic (exact) mass is 467 g/mol. The van der Waals surface area contributed by atoms with E-state index in [9.17, 15) is 19.7 Å². The molecule has 0 radical (unpaired) electrons. The number of carbonyl (C=O) groups excluding carboxylic acids is 1.